The lowest BCUT2D eigenvalue weighted by Crippen LogP contribution is -2.21. The summed E-state index contributed by atoms with van der Waals surface area (Å²) in [5, 5.41) is 37.3. The molecule has 4 nitrogen and oxygen atoms in total. The van der Waals surface area contributed by atoms with Crippen molar-refractivity contribution in [3.63, 3.8) is 0 Å². The van der Waals surface area contributed by atoms with Crippen LogP contribution in [0.4, 0.5) is 0 Å². The van der Waals surface area contributed by atoms with Crippen LogP contribution in [-0.4, -0.2) is 46.9 Å². The molecule has 0 aromatic heterocycles. The standard InChI is InChI=1S/2C22H30O2/c2*23-15-8-7-13-21(17-19-9-3-1-4-10-19)22(14-16-24)18-20-11-5-2-6-12-20/h2*1-6,9-12,21-24H,7-8,13-18H2/t2*21-,22-/m10/s1. The van der Waals surface area contributed by atoms with E-state index >= 15 is 0 Å². The molecule has 4 heteroatoms. The van der Waals surface area contributed by atoms with E-state index < -0.39 is 0 Å². The molecule has 0 aliphatic heterocycles. The SMILES string of the molecule is OCCCC[C@@H](Cc1ccccc1)[C@@H](CCO)Cc1ccccc1.OCCCC[C@H](Cc1ccccc1)[C@H](CCO)Cc1ccccc1. The Bertz CT molecular complexity index is 1180. The predicted octanol–water partition coefficient (Wildman–Crippen LogP) is 8.50. The molecule has 0 aliphatic carbocycles. The Morgan fingerprint density at radius 2 is 0.542 bits per heavy atom. The van der Waals surface area contributed by atoms with Gasteiger partial charge in [-0.1, -0.05) is 134 Å². The van der Waals surface area contributed by atoms with Gasteiger partial charge in [-0.15, -0.1) is 0 Å². The summed E-state index contributed by atoms with van der Waals surface area (Å²) in [5.74, 6) is 2.00. The van der Waals surface area contributed by atoms with Crippen LogP contribution in [0.1, 0.15) is 73.6 Å². The second kappa shape index (κ2) is 24.8. The molecule has 4 rings (SSSR count). The average molecular weight is 653 g/mol. The third-order valence-electron chi connectivity index (χ3n) is 9.66. The quantitative estimate of drug-likeness (QED) is 0.0642. The minimum absolute atomic E-state index is 0.239. The molecular formula is C44H60O4. The second-order valence-corrected chi connectivity index (χ2v) is 13.3. The lowest BCUT2D eigenvalue weighted by molar-refractivity contribution is 0.203. The fourth-order valence-electron chi connectivity index (χ4n) is 7.05. The third kappa shape index (κ3) is 15.7. The zero-order valence-electron chi connectivity index (χ0n) is 29.0. The first kappa shape index (κ1) is 39.2. The molecule has 48 heavy (non-hydrogen) atoms. The number of aliphatic hydroxyl groups is 4. The van der Waals surface area contributed by atoms with Gasteiger partial charge in [0.2, 0.25) is 0 Å². The van der Waals surface area contributed by atoms with Crippen LogP contribution in [-0.2, 0) is 25.7 Å². The lowest BCUT2D eigenvalue weighted by Gasteiger charge is -2.27. The minimum Gasteiger partial charge on any atom is -0.396 e. The van der Waals surface area contributed by atoms with Crippen LogP contribution >= 0.6 is 0 Å². The van der Waals surface area contributed by atoms with Crippen molar-refractivity contribution in [2.75, 3.05) is 26.4 Å². The largest absolute Gasteiger partial charge is 0.396 e. The first-order valence-corrected chi connectivity index (χ1v) is 18.3. The van der Waals surface area contributed by atoms with Crippen molar-refractivity contribution in [3.05, 3.63) is 144 Å². The summed E-state index contributed by atoms with van der Waals surface area (Å²) in [6, 6.07) is 42.4. The van der Waals surface area contributed by atoms with E-state index in [0.717, 1.165) is 77.0 Å². The first-order valence-electron chi connectivity index (χ1n) is 18.3. The molecule has 0 unspecified atom stereocenters. The van der Waals surface area contributed by atoms with E-state index in [0.29, 0.717) is 23.7 Å². The third-order valence-corrected chi connectivity index (χ3v) is 9.66. The number of unbranched alkanes of at least 4 members (excludes halogenated alkanes) is 2. The molecule has 0 radical (unpaired) electrons. The fraction of sp³-hybridized carbons (Fsp3) is 0.455. The molecule has 260 valence electrons. The maximum atomic E-state index is 9.56. The number of hydrogen-bond acceptors (Lipinski definition) is 4. The summed E-state index contributed by atoms with van der Waals surface area (Å²) >= 11 is 0. The van der Waals surface area contributed by atoms with Gasteiger partial charge in [0.25, 0.3) is 0 Å². The van der Waals surface area contributed by atoms with Crippen molar-refractivity contribution in [1.82, 2.24) is 0 Å². The Morgan fingerprint density at radius 3 is 0.771 bits per heavy atom. The number of rotatable bonds is 22. The van der Waals surface area contributed by atoms with E-state index in [2.05, 4.69) is 109 Å². The second-order valence-electron chi connectivity index (χ2n) is 13.3. The Morgan fingerprint density at radius 1 is 0.292 bits per heavy atom. The molecule has 0 spiro atoms. The Labute approximate surface area is 290 Å². The maximum absolute atomic E-state index is 9.56. The van der Waals surface area contributed by atoms with Crippen LogP contribution in [0.2, 0.25) is 0 Å². The molecule has 0 heterocycles. The van der Waals surface area contributed by atoms with Gasteiger partial charge in [0.15, 0.2) is 0 Å². The van der Waals surface area contributed by atoms with Gasteiger partial charge in [0.1, 0.15) is 0 Å². The predicted molar refractivity (Wildman–Crippen MR) is 200 cm³/mol. The van der Waals surface area contributed by atoms with Crippen molar-refractivity contribution in [2.45, 2.75) is 77.0 Å². The van der Waals surface area contributed by atoms with Gasteiger partial charge < -0.3 is 20.4 Å². The minimum atomic E-state index is 0.239. The van der Waals surface area contributed by atoms with Crippen LogP contribution in [0.15, 0.2) is 121 Å². The van der Waals surface area contributed by atoms with E-state index in [1.807, 2.05) is 12.1 Å². The van der Waals surface area contributed by atoms with Gasteiger partial charge in [-0.2, -0.15) is 0 Å². The zero-order chi connectivity index (χ0) is 34.1. The highest BCUT2D eigenvalue weighted by Crippen LogP contribution is 2.30. The van der Waals surface area contributed by atoms with Crippen molar-refractivity contribution in [1.29, 1.82) is 0 Å². The highest BCUT2D eigenvalue weighted by Gasteiger charge is 2.23. The Hall–Kier alpha value is -3.28. The van der Waals surface area contributed by atoms with E-state index in [1.54, 1.807) is 0 Å². The van der Waals surface area contributed by atoms with Crippen LogP contribution in [0, 0.1) is 23.7 Å². The van der Waals surface area contributed by atoms with Gasteiger partial charge in [0.05, 0.1) is 0 Å². The van der Waals surface area contributed by atoms with E-state index in [9.17, 15) is 10.2 Å². The van der Waals surface area contributed by atoms with Crippen LogP contribution < -0.4 is 0 Å². The summed E-state index contributed by atoms with van der Waals surface area (Å²) in [4.78, 5) is 0. The zero-order valence-corrected chi connectivity index (χ0v) is 29.0. The van der Waals surface area contributed by atoms with Crippen LogP contribution in [0.3, 0.4) is 0 Å². The summed E-state index contributed by atoms with van der Waals surface area (Å²) < 4.78 is 0. The summed E-state index contributed by atoms with van der Waals surface area (Å²) in [6.07, 6.45) is 11.8. The topological polar surface area (TPSA) is 80.9 Å². The van der Waals surface area contributed by atoms with E-state index in [1.165, 1.54) is 22.3 Å². The van der Waals surface area contributed by atoms with Gasteiger partial charge >= 0.3 is 0 Å². The molecule has 4 N–H and O–H groups in total. The lowest BCUT2D eigenvalue weighted by atomic mass is 9.78. The van der Waals surface area contributed by atoms with Gasteiger partial charge in [-0.25, -0.2) is 0 Å². The van der Waals surface area contributed by atoms with E-state index in [-0.39, 0.29) is 26.4 Å². The van der Waals surface area contributed by atoms with Gasteiger partial charge in [-0.05, 0) is 110 Å². The van der Waals surface area contributed by atoms with Gasteiger partial charge in [0, 0.05) is 26.4 Å². The fourth-order valence-corrected chi connectivity index (χ4v) is 7.05. The number of hydrogen-bond donors (Lipinski definition) is 4. The van der Waals surface area contributed by atoms with E-state index in [4.69, 9.17) is 10.2 Å². The summed E-state index contributed by atoms with van der Waals surface area (Å²) in [7, 11) is 0. The van der Waals surface area contributed by atoms with Gasteiger partial charge in [-0.3, -0.25) is 0 Å². The summed E-state index contributed by atoms with van der Waals surface area (Å²) in [6.45, 7) is 1.01. The highest BCUT2D eigenvalue weighted by molar-refractivity contribution is 5.19. The molecule has 0 saturated heterocycles. The van der Waals surface area contributed by atoms with Crippen molar-refractivity contribution in [2.24, 2.45) is 23.7 Å². The van der Waals surface area contributed by atoms with Crippen LogP contribution in [0.5, 0.6) is 0 Å². The highest BCUT2D eigenvalue weighted by atomic mass is 16.3. The van der Waals surface area contributed by atoms with Crippen molar-refractivity contribution >= 4 is 0 Å². The molecule has 0 fully saturated rings. The molecule has 0 saturated carbocycles. The van der Waals surface area contributed by atoms with Crippen molar-refractivity contribution in [3.8, 4) is 0 Å². The summed E-state index contributed by atoms with van der Waals surface area (Å²) in [5.41, 5.74) is 5.41. The molecule has 0 bridgehead atoms. The smallest absolute Gasteiger partial charge is 0.0433 e. The molecule has 4 aromatic rings. The molecule has 4 aromatic carbocycles. The maximum Gasteiger partial charge on any atom is 0.0433 e. The average Bonchev–Trinajstić information content (AvgIpc) is 3.13. The monoisotopic (exact) mass is 652 g/mol. The first-order chi connectivity index (χ1) is 23.7. The normalized spacial score (nSPS) is 13.6. The Balaban J connectivity index is 0.000000260. The molecular weight excluding hydrogens is 592 g/mol. The Kier molecular flexibility index (Phi) is 20.2. The number of aliphatic hydroxyl groups excluding tert-OH is 4. The molecule has 4 atom stereocenters. The number of benzene rings is 4. The molecule has 0 amide bonds. The molecule has 0 aliphatic rings. The van der Waals surface area contributed by atoms with Crippen LogP contribution in [0.25, 0.3) is 0 Å². The van der Waals surface area contributed by atoms with Crippen molar-refractivity contribution < 1.29 is 20.4 Å².